The van der Waals surface area contributed by atoms with Gasteiger partial charge in [0.1, 0.15) is 5.78 Å². The molecule has 0 aromatic rings. The first-order valence-electron chi connectivity index (χ1n) is 3.64. The Balaban J connectivity index is 2.36. The smallest absolute Gasteiger partial charge is 0.148 e. The molecule has 3 heteroatoms. The largest absolute Gasteiger partial charge is 0.298 e. The van der Waals surface area contributed by atoms with Crippen molar-refractivity contribution in [2.75, 3.05) is 13.1 Å². The summed E-state index contributed by atoms with van der Waals surface area (Å²) in [7, 11) is 0. The van der Waals surface area contributed by atoms with Crippen molar-refractivity contribution in [2.24, 2.45) is 0 Å². The van der Waals surface area contributed by atoms with E-state index >= 15 is 0 Å². The summed E-state index contributed by atoms with van der Waals surface area (Å²) in [5.74, 6) is 0.319. The number of likely N-dealkylation sites (tertiary alicyclic amines) is 1. The Bertz CT molecular complexity index is 138. The number of ketones is 1. The Hall–Kier alpha value is -0.0800. The van der Waals surface area contributed by atoms with Crippen LogP contribution in [0.5, 0.6) is 0 Å². The van der Waals surface area contributed by atoms with Crippen molar-refractivity contribution in [1.82, 2.24) is 4.90 Å². The number of carbonyl (C=O) groups excluding carboxylic acids is 1. The molecular weight excluding hydrogens is 150 g/mol. The molecule has 0 spiro atoms. The van der Waals surface area contributed by atoms with Gasteiger partial charge in [-0.25, -0.2) is 0 Å². The van der Waals surface area contributed by atoms with Crippen molar-refractivity contribution in [3.63, 3.8) is 0 Å². The van der Waals surface area contributed by atoms with E-state index in [2.05, 4.69) is 0 Å². The normalized spacial score (nSPS) is 23.6. The highest BCUT2D eigenvalue weighted by Gasteiger charge is 2.23. The van der Waals surface area contributed by atoms with E-state index in [-0.39, 0.29) is 5.50 Å². The van der Waals surface area contributed by atoms with Crippen LogP contribution >= 0.6 is 11.6 Å². The molecule has 1 fully saturated rings. The minimum atomic E-state index is 0.0615. The first-order valence-corrected chi connectivity index (χ1v) is 4.07. The lowest BCUT2D eigenvalue weighted by molar-refractivity contribution is -0.116. The molecule has 0 aromatic carbocycles. The van der Waals surface area contributed by atoms with Gasteiger partial charge in [-0.3, -0.25) is 9.69 Å². The molecule has 1 heterocycles. The van der Waals surface area contributed by atoms with Crippen LogP contribution in [-0.4, -0.2) is 29.3 Å². The van der Waals surface area contributed by atoms with Crippen LogP contribution in [0.4, 0.5) is 0 Å². The third-order valence-electron chi connectivity index (χ3n) is 1.79. The van der Waals surface area contributed by atoms with E-state index in [1.165, 1.54) is 0 Å². The van der Waals surface area contributed by atoms with Gasteiger partial charge in [0.2, 0.25) is 0 Å². The van der Waals surface area contributed by atoms with E-state index in [9.17, 15) is 4.79 Å². The van der Waals surface area contributed by atoms with Gasteiger partial charge in [0.05, 0.1) is 12.0 Å². The van der Waals surface area contributed by atoms with Crippen molar-refractivity contribution in [2.45, 2.75) is 25.3 Å². The Kier molecular flexibility index (Phi) is 2.69. The number of rotatable bonds is 2. The van der Waals surface area contributed by atoms with Crippen LogP contribution in [0, 0.1) is 0 Å². The number of Topliss-reactive ketones (excluding diaryl/α,β-unsaturated/α-hetero) is 1. The maximum absolute atomic E-state index is 10.8. The zero-order chi connectivity index (χ0) is 7.56. The second-order valence-electron chi connectivity index (χ2n) is 2.60. The molecule has 0 aliphatic carbocycles. The summed E-state index contributed by atoms with van der Waals surface area (Å²) in [5, 5.41) is 0. The lowest BCUT2D eigenvalue weighted by Gasteiger charge is -2.18. The van der Waals surface area contributed by atoms with Crippen molar-refractivity contribution < 1.29 is 4.79 Å². The maximum Gasteiger partial charge on any atom is 0.148 e. The third-order valence-corrected chi connectivity index (χ3v) is 2.38. The number of alkyl halides is 1. The fourth-order valence-corrected chi connectivity index (χ4v) is 1.32. The molecule has 10 heavy (non-hydrogen) atoms. The fourth-order valence-electron chi connectivity index (χ4n) is 1.15. The van der Waals surface area contributed by atoms with Gasteiger partial charge in [-0.05, 0) is 6.42 Å². The Morgan fingerprint density at radius 2 is 2.50 bits per heavy atom. The van der Waals surface area contributed by atoms with Crippen LogP contribution in [-0.2, 0) is 4.79 Å². The topological polar surface area (TPSA) is 20.3 Å². The average Bonchev–Trinajstić information content (AvgIpc) is 2.34. The van der Waals surface area contributed by atoms with Gasteiger partial charge in [-0.2, -0.15) is 0 Å². The van der Waals surface area contributed by atoms with Crippen LogP contribution in [0.15, 0.2) is 0 Å². The van der Waals surface area contributed by atoms with Crippen LogP contribution in [0.3, 0.4) is 0 Å². The predicted molar refractivity (Wildman–Crippen MR) is 41.1 cm³/mol. The summed E-state index contributed by atoms with van der Waals surface area (Å²) < 4.78 is 0. The number of halogens is 1. The fraction of sp³-hybridized carbons (Fsp3) is 0.857. The summed E-state index contributed by atoms with van der Waals surface area (Å²) in [4.78, 5) is 12.8. The van der Waals surface area contributed by atoms with Crippen molar-refractivity contribution >= 4 is 17.4 Å². The zero-order valence-corrected chi connectivity index (χ0v) is 6.90. The van der Waals surface area contributed by atoms with E-state index in [0.29, 0.717) is 18.7 Å². The Morgan fingerprint density at radius 3 is 2.90 bits per heavy atom. The Labute approximate surface area is 66.1 Å². The molecule has 1 saturated heterocycles. The van der Waals surface area contributed by atoms with Crippen LogP contribution in [0.2, 0.25) is 0 Å². The molecule has 0 bridgehead atoms. The van der Waals surface area contributed by atoms with E-state index in [4.69, 9.17) is 11.6 Å². The van der Waals surface area contributed by atoms with Gasteiger partial charge in [0.15, 0.2) is 0 Å². The van der Waals surface area contributed by atoms with Gasteiger partial charge < -0.3 is 0 Å². The minimum absolute atomic E-state index is 0.0615. The summed E-state index contributed by atoms with van der Waals surface area (Å²) in [6, 6.07) is 0. The molecular formula is C7H12ClNO. The van der Waals surface area contributed by atoms with Crippen molar-refractivity contribution in [1.29, 1.82) is 0 Å². The standard InChI is InChI=1S/C7H12ClNO/c1-2-7(8)9-4-3-6(10)5-9/h7H,2-5H2,1H3. The molecule has 1 rings (SSSR count). The van der Waals surface area contributed by atoms with Crippen LogP contribution in [0.1, 0.15) is 19.8 Å². The molecule has 0 radical (unpaired) electrons. The minimum Gasteiger partial charge on any atom is -0.298 e. The van der Waals surface area contributed by atoms with Crippen LogP contribution in [0.25, 0.3) is 0 Å². The third kappa shape index (κ3) is 1.70. The van der Waals surface area contributed by atoms with E-state index in [0.717, 1.165) is 13.0 Å². The second kappa shape index (κ2) is 3.35. The molecule has 1 unspecified atom stereocenters. The monoisotopic (exact) mass is 161 g/mol. The summed E-state index contributed by atoms with van der Waals surface area (Å²) in [6.07, 6.45) is 1.60. The number of hydrogen-bond donors (Lipinski definition) is 0. The lowest BCUT2D eigenvalue weighted by atomic mass is 10.4. The zero-order valence-electron chi connectivity index (χ0n) is 6.14. The SMILES string of the molecule is CCC(Cl)N1CCC(=O)C1. The Morgan fingerprint density at radius 1 is 1.80 bits per heavy atom. The highest BCUT2D eigenvalue weighted by Crippen LogP contribution is 2.14. The maximum atomic E-state index is 10.8. The van der Waals surface area contributed by atoms with E-state index in [1.54, 1.807) is 0 Å². The number of nitrogens with zero attached hydrogens (tertiary/aromatic N) is 1. The van der Waals surface area contributed by atoms with Crippen LogP contribution < -0.4 is 0 Å². The van der Waals surface area contributed by atoms with Crippen molar-refractivity contribution in [3.8, 4) is 0 Å². The number of carbonyl (C=O) groups is 1. The summed E-state index contributed by atoms with van der Waals surface area (Å²) in [6.45, 7) is 3.43. The summed E-state index contributed by atoms with van der Waals surface area (Å²) >= 11 is 5.91. The molecule has 1 aliphatic rings. The first kappa shape index (κ1) is 8.02. The summed E-state index contributed by atoms with van der Waals surface area (Å²) in [5.41, 5.74) is 0.0615. The predicted octanol–water partition coefficient (Wildman–Crippen LogP) is 1.24. The average molecular weight is 162 g/mol. The number of hydrogen-bond acceptors (Lipinski definition) is 2. The highest BCUT2D eigenvalue weighted by molar-refractivity contribution is 6.20. The highest BCUT2D eigenvalue weighted by atomic mass is 35.5. The second-order valence-corrected chi connectivity index (χ2v) is 3.11. The van der Waals surface area contributed by atoms with Gasteiger partial charge in [0, 0.05) is 13.0 Å². The molecule has 1 atom stereocenters. The van der Waals surface area contributed by atoms with Gasteiger partial charge >= 0.3 is 0 Å². The molecule has 2 nitrogen and oxygen atoms in total. The first-order chi connectivity index (χ1) is 4.74. The van der Waals surface area contributed by atoms with Gasteiger partial charge in [-0.15, -0.1) is 11.6 Å². The quantitative estimate of drug-likeness (QED) is 0.449. The van der Waals surface area contributed by atoms with Gasteiger partial charge in [0.25, 0.3) is 0 Å². The van der Waals surface area contributed by atoms with Crippen molar-refractivity contribution in [3.05, 3.63) is 0 Å². The molecule has 0 amide bonds. The molecule has 0 N–H and O–H groups in total. The van der Waals surface area contributed by atoms with E-state index in [1.807, 2.05) is 11.8 Å². The van der Waals surface area contributed by atoms with Gasteiger partial charge in [-0.1, -0.05) is 6.92 Å². The lowest BCUT2D eigenvalue weighted by Crippen LogP contribution is -2.28. The van der Waals surface area contributed by atoms with E-state index < -0.39 is 0 Å². The molecule has 1 aliphatic heterocycles. The molecule has 58 valence electrons. The molecule has 0 aromatic heterocycles. The molecule has 0 saturated carbocycles.